The van der Waals surface area contributed by atoms with Crippen LogP contribution in [0, 0.1) is 11.3 Å². The van der Waals surface area contributed by atoms with Crippen LogP contribution >= 0.6 is 11.6 Å². The number of carbonyl (C=O) groups excluding carboxylic acids is 1. The number of esters is 1. The van der Waals surface area contributed by atoms with Crippen molar-refractivity contribution in [2.45, 2.75) is 12.5 Å². The maximum Gasteiger partial charge on any atom is 0.328 e. The fourth-order valence-corrected chi connectivity index (χ4v) is 2.06. The number of nitriles is 1. The molecular weight excluding hydrogens is 240 g/mol. The average molecular weight is 251 g/mol. The van der Waals surface area contributed by atoms with Crippen LogP contribution in [0.25, 0.3) is 0 Å². The van der Waals surface area contributed by atoms with E-state index in [2.05, 4.69) is 6.07 Å². The van der Waals surface area contributed by atoms with Gasteiger partial charge in [-0.25, -0.2) is 4.79 Å². The maximum absolute atomic E-state index is 11.5. The Morgan fingerprint density at radius 2 is 2.41 bits per heavy atom. The summed E-state index contributed by atoms with van der Waals surface area (Å²) >= 11 is 5.91. The lowest BCUT2D eigenvalue weighted by Crippen LogP contribution is -2.53. The van der Waals surface area contributed by atoms with Gasteiger partial charge in [-0.15, -0.1) is 0 Å². The van der Waals surface area contributed by atoms with Crippen molar-refractivity contribution in [1.29, 1.82) is 5.26 Å². The molecule has 0 amide bonds. The Hall–Kier alpha value is -1.73. The molecule has 88 valence electrons. The second kappa shape index (κ2) is 4.64. The molecule has 1 aliphatic heterocycles. The fraction of sp³-hybridized carbons (Fsp3) is 0.333. The summed E-state index contributed by atoms with van der Waals surface area (Å²) in [5, 5.41) is 9.57. The molecule has 0 bridgehead atoms. The van der Waals surface area contributed by atoms with Crippen molar-refractivity contribution >= 4 is 23.3 Å². The molecule has 0 saturated carbocycles. The van der Waals surface area contributed by atoms with Crippen molar-refractivity contribution in [3.8, 4) is 6.07 Å². The largest absolute Gasteiger partial charge is 0.467 e. The Labute approximate surface area is 104 Å². The molecule has 1 aliphatic rings. The molecule has 1 aromatic rings. The molecule has 0 radical (unpaired) electrons. The van der Waals surface area contributed by atoms with E-state index in [1.54, 1.807) is 18.2 Å². The van der Waals surface area contributed by atoms with E-state index in [0.29, 0.717) is 16.3 Å². The average Bonchev–Trinajstić information content (AvgIpc) is 2.28. The number of carbonyl (C=O) groups is 1. The molecule has 4 nitrogen and oxygen atoms in total. The number of benzene rings is 1. The minimum absolute atomic E-state index is 0.278. The van der Waals surface area contributed by atoms with Crippen molar-refractivity contribution in [2.24, 2.45) is 0 Å². The molecule has 0 N–H and O–H groups in total. The number of nitrogens with zero attached hydrogens (tertiary/aromatic N) is 2. The highest BCUT2D eigenvalue weighted by atomic mass is 35.5. The fourth-order valence-electron chi connectivity index (χ4n) is 1.89. The topological polar surface area (TPSA) is 53.3 Å². The summed E-state index contributed by atoms with van der Waals surface area (Å²) in [6.45, 7) is 0.731. The van der Waals surface area contributed by atoms with Crippen LogP contribution in [0.2, 0.25) is 5.02 Å². The molecule has 17 heavy (non-hydrogen) atoms. The SMILES string of the molecule is COC(=O)C1CCN1c1cc(Cl)ccc1C#N. The molecule has 5 heteroatoms. The molecule has 1 fully saturated rings. The van der Waals surface area contributed by atoms with Gasteiger partial charge in [-0.2, -0.15) is 5.26 Å². The number of ether oxygens (including phenoxy) is 1. The van der Waals surface area contributed by atoms with Gasteiger partial charge in [0.25, 0.3) is 0 Å². The van der Waals surface area contributed by atoms with Gasteiger partial charge >= 0.3 is 5.97 Å². The zero-order valence-corrected chi connectivity index (χ0v) is 10.1. The van der Waals surface area contributed by atoms with Gasteiger partial charge in [0.05, 0.1) is 18.4 Å². The molecule has 0 aliphatic carbocycles. The Morgan fingerprint density at radius 3 is 2.94 bits per heavy atom. The molecule has 0 aromatic heterocycles. The lowest BCUT2D eigenvalue weighted by atomic mass is 10.00. The quantitative estimate of drug-likeness (QED) is 0.753. The van der Waals surface area contributed by atoms with Crippen LogP contribution in [-0.4, -0.2) is 25.7 Å². The molecule has 1 saturated heterocycles. The first-order valence-electron chi connectivity index (χ1n) is 5.21. The summed E-state index contributed by atoms with van der Waals surface area (Å²) < 4.78 is 4.71. The number of rotatable bonds is 2. The Balaban J connectivity index is 2.32. The van der Waals surface area contributed by atoms with E-state index >= 15 is 0 Å². The van der Waals surface area contributed by atoms with Crippen LogP contribution < -0.4 is 4.90 Å². The lowest BCUT2D eigenvalue weighted by molar-refractivity contribution is -0.143. The zero-order valence-electron chi connectivity index (χ0n) is 9.31. The van der Waals surface area contributed by atoms with E-state index in [1.165, 1.54) is 7.11 Å². The predicted molar refractivity (Wildman–Crippen MR) is 63.9 cm³/mol. The number of halogens is 1. The maximum atomic E-state index is 11.5. The van der Waals surface area contributed by atoms with Gasteiger partial charge in [0.2, 0.25) is 0 Å². The van der Waals surface area contributed by atoms with E-state index < -0.39 is 0 Å². The zero-order chi connectivity index (χ0) is 12.4. The molecule has 2 rings (SSSR count). The molecular formula is C12H11ClN2O2. The number of hydrogen-bond acceptors (Lipinski definition) is 4. The van der Waals surface area contributed by atoms with Crippen molar-refractivity contribution < 1.29 is 9.53 Å². The normalized spacial score (nSPS) is 18.2. The van der Waals surface area contributed by atoms with E-state index in [1.807, 2.05) is 4.90 Å². The smallest absolute Gasteiger partial charge is 0.328 e. The van der Waals surface area contributed by atoms with Crippen molar-refractivity contribution in [3.63, 3.8) is 0 Å². The van der Waals surface area contributed by atoms with Crippen molar-refractivity contribution in [3.05, 3.63) is 28.8 Å². The number of hydrogen-bond donors (Lipinski definition) is 0. The lowest BCUT2D eigenvalue weighted by Gasteiger charge is -2.41. The van der Waals surface area contributed by atoms with Crippen LogP contribution in [0.15, 0.2) is 18.2 Å². The van der Waals surface area contributed by atoms with Gasteiger partial charge in [0.1, 0.15) is 12.1 Å². The monoisotopic (exact) mass is 250 g/mol. The summed E-state index contributed by atoms with van der Waals surface area (Å²) in [5.74, 6) is -0.278. The van der Waals surface area contributed by atoms with Crippen LogP contribution in [0.5, 0.6) is 0 Å². The number of anilines is 1. The van der Waals surface area contributed by atoms with Gasteiger partial charge in [-0.3, -0.25) is 0 Å². The number of methoxy groups -OCH3 is 1. The van der Waals surface area contributed by atoms with E-state index in [9.17, 15) is 4.79 Å². The second-order valence-corrected chi connectivity index (χ2v) is 4.23. The molecule has 1 unspecified atom stereocenters. The van der Waals surface area contributed by atoms with Gasteiger partial charge < -0.3 is 9.64 Å². The van der Waals surface area contributed by atoms with Crippen LogP contribution in [0.1, 0.15) is 12.0 Å². The minimum atomic E-state index is -0.300. The standard InChI is InChI=1S/C12H11ClN2O2/c1-17-12(16)10-4-5-15(10)11-6-9(13)3-2-8(11)7-14/h2-3,6,10H,4-5H2,1H3. The second-order valence-electron chi connectivity index (χ2n) is 3.79. The van der Waals surface area contributed by atoms with Gasteiger partial charge in [0.15, 0.2) is 0 Å². The first-order valence-corrected chi connectivity index (χ1v) is 5.59. The first kappa shape index (κ1) is 11.7. The van der Waals surface area contributed by atoms with Gasteiger partial charge in [-0.05, 0) is 24.6 Å². The van der Waals surface area contributed by atoms with Crippen LogP contribution in [0.3, 0.4) is 0 Å². The molecule has 1 atom stereocenters. The first-order chi connectivity index (χ1) is 8.17. The Kier molecular flexibility index (Phi) is 3.21. The van der Waals surface area contributed by atoms with Gasteiger partial charge in [-0.1, -0.05) is 11.6 Å². The van der Waals surface area contributed by atoms with E-state index in [-0.39, 0.29) is 12.0 Å². The van der Waals surface area contributed by atoms with Crippen LogP contribution in [-0.2, 0) is 9.53 Å². The third-order valence-electron chi connectivity index (χ3n) is 2.88. The van der Waals surface area contributed by atoms with Crippen molar-refractivity contribution in [1.82, 2.24) is 0 Å². The highest BCUT2D eigenvalue weighted by molar-refractivity contribution is 6.30. The summed E-state index contributed by atoms with van der Waals surface area (Å²) in [7, 11) is 1.36. The summed E-state index contributed by atoms with van der Waals surface area (Å²) in [6, 6.07) is 6.82. The predicted octanol–water partition coefficient (Wildman–Crippen LogP) is 1.96. The Bertz CT molecular complexity index is 496. The third kappa shape index (κ3) is 2.06. The molecule has 1 aromatic carbocycles. The van der Waals surface area contributed by atoms with E-state index in [4.69, 9.17) is 21.6 Å². The highest BCUT2D eigenvalue weighted by Gasteiger charge is 2.36. The van der Waals surface area contributed by atoms with Crippen LogP contribution in [0.4, 0.5) is 5.69 Å². The summed E-state index contributed by atoms with van der Waals surface area (Å²) in [6.07, 6.45) is 0.740. The third-order valence-corrected chi connectivity index (χ3v) is 3.12. The van der Waals surface area contributed by atoms with Gasteiger partial charge in [0, 0.05) is 11.6 Å². The van der Waals surface area contributed by atoms with Crippen molar-refractivity contribution in [2.75, 3.05) is 18.6 Å². The summed E-state index contributed by atoms with van der Waals surface area (Å²) in [5.41, 5.74) is 1.21. The molecule has 0 spiro atoms. The van der Waals surface area contributed by atoms with E-state index in [0.717, 1.165) is 13.0 Å². The molecule has 1 heterocycles. The highest BCUT2D eigenvalue weighted by Crippen LogP contribution is 2.32. The minimum Gasteiger partial charge on any atom is -0.467 e. The Morgan fingerprint density at radius 1 is 1.65 bits per heavy atom. The summed E-state index contributed by atoms with van der Waals surface area (Å²) in [4.78, 5) is 13.3.